The van der Waals surface area contributed by atoms with Gasteiger partial charge in [0.15, 0.2) is 11.2 Å². The van der Waals surface area contributed by atoms with Gasteiger partial charge in [0.25, 0.3) is 11.5 Å². The average molecular weight is 428 g/mol. The SMILES string of the molecule is Cc1cccc(C(=O)N2CCC(c3nc4c(nnn4Cc4ccccc4)c(=O)[nH]3)CC2)c1. The van der Waals surface area contributed by atoms with Crippen molar-refractivity contribution in [1.29, 1.82) is 0 Å². The fourth-order valence-electron chi connectivity index (χ4n) is 4.26. The Labute approximate surface area is 184 Å². The molecule has 32 heavy (non-hydrogen) atoms. The van der Waals surface area contributed by atoms with E-state index in [4.69, 9.17) is 4.98 Å². The summed E-state index contributed by atoms with van der Waals surface area (Å²) in [6.45, 7) is 3.73. The van der Waals surface area contributed by atoms with E-state index in [1.807, 2.05) is 66.4 Å². The second-order valence-electron chi connectivity index (χ2n) is 8.29. The topological polar surface area (TPSA) is 96.8 Å². The standard InChI is InChI=1S/C24H24N6O2/c1-16-6-5-9-19(14-16)24(32)29-12-10-18(11-13-29)21-25-22-20(23(31)26-21)27-28-30(22)15-17-7-3-2-4-8-17/h2-9,14,18H,10-13,15H2,1H3,(H,25,26,31). The molecule has 4 aromatic rings. The molecule has 2 aromatic carbocycles. The average Bonchev–Trinajstić information content (AvgIpc) is 3.22. The first kappa shape index (κ1) is 20.1. The van der Waals surface area contributed by atoms with Crippen molar-refractivity contribution in [3.8, 4) is 0 Å². The van der Waals surface area contributed by atoms with Crippen molar-refractivity contribution in [2.24, 2.45) is 0 Å². The van der Waals surface area contributed by atoms with Gasteiger partial charge in [0, 0.05) is 24.6 Å². The molecule has 0 unspecified atom stereocenters. The zero-order chi connectivity index (χ0) is 22.1. The normalized spacial score (nSPS) is 14.7. The van der Waals surface area contributed by atoms with Crippen molar-refractivity contribution >= 4 is 17.1 Å². The molecule has 0 radical (unpaired) electrons. The van der Waals surface area contributed by atoms with Crippen LogP contribution in [-0.4, -0.2) is 48.9 Å². The summed E-state index contributed by atoms with van der Waals surface area (Å²) in [6, 6.07) is 17.6. The molecule has 162 valence electrons. The molecule has 0 atom stereocenters. The van der Waals surface area contributed by atoms with Crippen LogP contribution in [0.4, 0.5) is 0 Å². The first-order valence-corrected chi connectivity index (χ1v) is 10.8. The van der Waals surface area contributed by atoms with E-state index in [9.17, 15) is 9.59 Å². The monoisotopic (exact) mass is 428 g/mol. The first-order chi connectivity index (χ1) is 15.6. The van der Waals surface area contributed by atoms with E-state index in [-0.39, 0.29) is 22.9 Å². The highest BCUT2D eigenvalue weighted by atomic mass is 16.2. The lowest BCUT2D eigenvalue weighted by atomic mass is 9.95. The second kappa shape index (κ2) is 8.37. The highest BCUT2D eigenvalue weighted by Crippen LogP contribution is 2.26. The summed E-state index contributed by atoms with van der Waals surface area (Å²) >= 11 is 0. The Kier molecular flexibility index (Phi) is 5.26. The number of aryl methyl sites for hydroxylation is 1. The Hall–Kier alpha value is -3.81. The predicted octanol–water partition coefficient (Wildman–Crippen LogP) is 2.89. The van der Waals surface area contributed by atoms with Gasteiger partial charge in [0.1, 0.15) is 5.82 Å². The number of nitrogens with one attached hydrogen (secondary N) is 1. The summed E-state index contributed by atoms with van der Waals surface area (Å²) < 4.78 is 1.67. The zero-order valence-corrected chi connectivity index (χ0v) is 17.9. The van der Waals surface area contributed by atoms with Crippen LogP contribution in [0, 0.1) is 6.92 Å². The Morgan fingerprint density at radius 2 is 1.88 bits per heavy atom. The number of fused-ring (bicyclic) bond motifs is 1. The summed E-state index contributed by atoms with van der Waals surface area (Å²) in [5.74, 6) is 0.768. The number of amides is 1. The number of likely N-dealkylation sites (tertiary alicyclic amines) is 1. The van der Waals surface area contributed by atoms with Crippen molar-refractivity contribution < 1.29 is 4.79 Å². The van der Waals surface area contributed by atoms with Gasteiger partial charge in [0.2, 0.25) is 0 Å². The van der Waals surface area contributed by atoms with Crippen molar-refractivity contribution in [2.45, 2.75) is 32.2 Å². The molecular formula is C24H24N6O2. The van der Waals surface area contributed by atoms with E-state index >= 15 is 0 Å². The van der Waals surface area contributed by atoms with Crippen molar-refractivity contribution in [2.75, 3.05) is 13.1 Å². The van der Waals surface area contributed by atoms with Gasteiger partial charge in [-0.15, -0.1) is 5.10 Å². The van der Waals surface area contributed by atoms with Gasteiger partial charge < -0.3 is 9.88 Å². The number of H-pyrrole nitrogens is 1. The summed E-state index contributed by atoms with van der Waals surface area (Å²) in [5.41, 5.74) is 3.31. The first-order valence-electron chi connectivity index (χ1n) is 10.8. The van der Waals surface area contributed by atoms with Crippen molar-refractivity contribution in [3.05, 3.63) is 87.5 Å². The predicted molar refractivity (Wildman–Crippen MR) is 121 cm³/mol. The molecule has 3 heterocycles. The molecule has 0 bridgehead atoms. The van der Waals surface area contributed by atoms with Gasteiger partial charge in [-0.2, -0.15) is 0 Å². The maximum absolute atomic E-state index is 12.8. The van der Waals surface area contributed by atoms with Crippen LogP contribution < -0.4 is 5.56 Å². The van der Waals surface area contributed by atoms with Gasteiger partial charge in [0.05, 0.1) is 6.54 Å². The number of carbonyl (C=O) groups is 1. The Morgan fingerprint density at radius 3 is 2.62 bits per heavy atom. The van der Waals surface area contributed by atoms with Gasteiger partial charge in [-0.3, -0.25) is 9.59 Å². The van der Waals surface area contributed by atoms with Crippen LogP contribution in [0.1, 0.15) is 46.1 Å². The summed E-state index contributed by atoms with van der Waals surface area (Å²) in [6.07, 6.45) is 1.48. The largest absolute Gasteiger partial charge is 0.339 e. The number of aromatic nitrogens is 5. The molecule has 0 saturated carbocycles. The molecule has 2 aromatic heterocycles. The number of piperidine rings is 1. The fourth-order valence-corrected chi connectivity index (χ4v) is 4.26. The number of rotatable bonds is 4. The maximum Gasteiger partial charge on any atom is 0.281 e. The number of nitrogens with zero attached hydrogens (tertiary/aromatic N) is 5. The van der Waals surface area contributed by atoms with Gasteiger partial charge in [-0.05, 0) is 37.5 Å². The lowest BCUT2D eigenvalue weighted by Gasteiger charge is -2.31. The quantitative estimate of drug-likeness (QED) is 0.539. The van der Waals surface area contributed by atoms with Crippen LogP contribution in [0.2, 0.25) is 0 Å². The Morgan fingerprint density at radius 1 is 1.09 bits per heavy atom. The van der Waals surface area contributed by atoms with Crippen molar-refractivity contribution in [3.63, 3.8) is 0 Å². The van der Waals surface area contributed by atoms with E-state index in [0.29, 0.717) is 36.7 Å². The lowest BCUT2D eigenvalue weighted by molar-refractivity contribution is 0.0711. The van der Waals surface area contributed by atoms with E-state index in [2.05, 4.69) is 15.3 Å². The highest BCUT2D eigenvalue weighted by Gasteiger charge is 2.27. The minimum atomic E-state index is -0.275. The van der Waals surface area contributed by atoms with E-state index in [0.717, 1.165) is 24.0 Å². The molecule has 1 N–H and O–H groups in total. The molecule has 1 fully saturated rings. The van der Waals surface area contributed by atoms with Crippen LogP contribution in [0.5, 0.6) is 0 Å². The highest BCUT2D eigenvalue weighted by molar-refractivity contribution is 5.94. The van der Waals surface area contributed by atoms with E-state index in [1.165, 1.54) is 0 Å². The summed E-state index contributed by atoms with van der Waals surface area (Å²) in [4.78, 5) is 35.0. The number of benzene rings is 2. The molecule has 8 heteroatoms. The number of carbonyl (C=O) groups excluding carboxylic acids is 1. The molecule has 5 rings (SSSR count). The third-order valence-electron chi connectivity index (χ3n) is 6.00. The maximum atomic E-state index is 12.8. The summed E-state index contributed by atoms with van der Waals surface area (Å²) in [7, 11) is 0. The van der Waals surface area contributed by atoms with Crippen LogP contribution >= 0.6 is 0 Å². The molecule has 8 nitrogen and oxygen atoms in total. The van der Waals surface area contributed by atoms with Crippen LogP contribution in [0.25, 0.3) is 11.2 Å². The Bertz CT molecular complexity index is 1320. The third kappa shape index (κ3) is 3.91. The van der Waals surface area contributed by atoms with Crippen LogP contribution in [0.3, 0.4) is 0 Å². The van der Waals surface area contributed by atoms with Gasteiger partial charge >= 0.3 is 0 Å². The lowest BCUT2D eigenvalue weighted by Crippen LogP contribution is -2.38. The van der Waals surface area contributed by atoms with Crippen molar-refractivity contribution in [1.82, 2.24) is 29.9 Å². The number of hydrogen-bond donors (Lipinski definition) is 1. The molecule has 1 saturated heterocycles. The van der Waals surface area contributed by atoms with E-state index < -0.39 is 0 Å². The molecule has 1 aliphatic rings. The van der Waals surface area contributed by atoms with E-state index in [1.54, 1.807) is 4.68 Å². The number of aromatic amines is 1. The minimum absolute atomic E-state index is 0.0502. The van der Waals surface area contributed by atoms with Gasteiger partial charge in [-0.25, -0.2) is 9.67 Å². The second-order valence-corrected chi connectivity index (χ2v) is 8.29. The van der Waals surface area contributed by atoms with Gasteiger partial charge in [-0.1, -0.05) is 53.2 Å². The molecule has 0 spiro atoms. The molecule has 0 aliphatic carbocycles. The van der Waals surface area contributed by atoms with Crippen LogP contribution in [0.15, 0.2) is 59.4 Å². The Balaban J connectivity index is 1.35. The minimum Gasteiger partial charge on any atom is -0.339 e. The third-order valence-corrected chi connectivity index (χ3v) is 6.00. The fraction of sp³-hybridized carbons (Fsp3) is 0.292. The summed E-state index contributed by atoms with van der Waals surface area (Å²) in [5, 5.41) is 8.18. The zero-order valence-electron chi connectivity index (χ0n) is 17.9. The molecule has 1 aliphatic heterocycles. The molecule has 1 amide bonds. The number of hydrogen-bond acceptors (Lipinski definition) is 5. The smallest absolute Gasteiger partial charge is 0.281 e. The van der Waals surface area contributed by atoms with Crippen LogP contribution in [-0.2, 0) is 6.54 Å². The molecular weight excluding hydrogens is 404 g/mol.